The average Bonchev–Trinajstić information content (AvgIpc) is 2.62. The minimum Gasteiger partial charge on any atom is -0.386 e. The van der Waals surface area contributed by atoms with Crippen molar-refractivity contribution in [1.29, 1.82) is 0 Å². The average molecular weight is 230 g/mol. The van der Waals surface area contributed by atoms with E-state index in [1.165, 1.54) is 11.1 Å². The van der Waals surface area contributed by atoms with E-state index in [1.807, 2.05) is 45.2 Å². The summed E-state index contributed by atoms with van der Waals surface area (Å²) in [4.78, 5) is 0. The topological polar surface area (TPSA) is 38.0 Å². The molecule has 1 N–H and O–H groups in total. The van der Waals surface area contributed by atoms with Gasteiger partial charge in [0, 0.05) is 6.20 Å². The molecule has 0 bridgehead atoms. The van der Waals surface area contributed by atoms with E-state index in [4.69, 9.17) is 0 Å². The highest BCUT2D eigenvalue weighted by atomic mass is 16.3. The Morgan fingerprint density at radius 3 is 2.35 bits per heavy atom. The van der Waals surface area contributed by atoms with Crippen LogP contribution in [0.3, 0.4) is 0 Å². The van der Waals surface area contributed by atoms with Crippen LogP contribution in [0.25, 0.3) is 0 Å². The number of aryl methyl sites for hydroxylation is 3. The minimum atomic E-state index is -0.507. The maximum absolute atomic E-state index is 10.2. The van der Waals surface area contributed by atoms with Crippen LogP contribution in [0, 0.1) is 20.8 Å². The summed E-state index contributed by atoms with van der Waals surface area (Å²) in [5.74, 6) is 0. The van der Waals surface area contributed by atoms with Crippen LogP contribution in [0.1, 0.15) is 28.5 Å². The van der Waals surface area contributed by atoms with Crippen LogP contribution >= 0.6 is 0 Å². The first-order valence-electron chi connectivity index (χ1n) is 5.81. The van der Waals surface area contributed by atoms with Gasteiger partial charge in [-0.1, -0.05) is 29.3 Å². The van der Waals surface area contributed by atoms with Crippen LogP contribution in [0.2, 0.25) is 0 Å². The van der Waals surface area contributed by atoms with Gasteiger partial charge in [-0.25, -0.2) is 0 Å². The molecule has 17 heavy (non-hydrogen) atoms. The smallest absolute Gasteiger partial charge is 0.0986 e. The fraction of sp³-hybridized carbons (Fsp3) is 0.357. The SMILES string of the molecule is Cc1cc(C)cc(C(O)Cn2ccc(C)n2)c1. The lowest BCUT2D eigenvalue weighted by Crippen LogP contribution is -2.09. The van der Waals surface area contributed by atoms with E-state index in [2.05, 4.69) is 11.2 Å². The molecule has 1 aromatic heterocycles. The van der Waals surface area contributed by atoms with Gasteiger partial charge in [0.2, 0.25) is 0 Å². The highest BCUT2D eigenvalue weighted by Crippen LogP contribution is 2.18. The summed E-state index contributed by atoms with van der Waals surface area (Å²) >= 11 is 0. The summed E-state index contributed by atoms with van der Waals surface area (Å²) in [6.45, 7) is 6.53. The molecule has 90 valence electrons. The van der Waals surface area contributed by atoms with Gasteiger partial charge in [-0.3, -0.25) is 4.68 Å². The summed E-state index contributed by atoms with van der Waals surface area (Å²) < 4.78 is 1.78. The quantitative estimate of drug-likeness (QED) is 0.880. The van der Waals surface area contributed by atoms with Gasteiger partial charge in [0.05, 0.1) is 18.3 Å². The molecule has 0 radical (unpaired) electrons. The van der Waals surface area contributed by atoms with Crippen molar-refractivity contribution in [2.75, 3.05) is 0 Å². The normalized spacial score (nSPS) is 12.7. The van der Waals surface area contributed by atoms with Crippen LogP contribution in [-0.4, -0.2) is 14.9 Å². The molecule has 1 aromatic carbocycles. The van der Waals surface area contributed by atoms with Crippen molar-refractivity contribution in [2.24, 2.45) is 0 Å². The van der Waals surface area contributed by atoms with Crippen molar-refractivity contribution >= 4 is 0 Å². The van der Waals surface area contributed by atoms with Crippen LogP contribution in [-0.2, 0) is 6.54 Å². The van der Waals surface area contributed by atoms with E-state index >= 15 is 0 Å². The summed E-state index contributed by atoms with van der Waals surface area (Å²) in [5.41, 5.74) is 4.28. The van der Waals surface area contributed by atoms with Gasteiger partial charge in [0.15, 0.2) is 0 Å². The number of nitrogens with zero attached hydrogens (tertiary/aromatic N) is 2. The lowest BCUT2D eigenvalue weighted by Gasteiger charge is -2.12. The number of rotatable bonds is 3. The van der Waals surface area contributed by atoms with Crippen molar-refractivity contribution in [3.8, 4) is 0 Å². The van der Waals surface area contributed by atoms with Gasteiger partial charge in [0.25, 0.3) is 0 Å². The zero-order chi connectivity index (χ0) is 12.4. The first kappa shape index (κ1) is 11.9. The zero-order valence-corrected chi connectivity index (χ0v) is 10.5. The second kappa shape index (κ2) is 4.72. The molecule has 1 unspecified atom stereocenters. The lowest BCUT2D eigenvalue weighted by atomic mass is 10.0. The Labute approximate surface area is 102 Å². The maximum atomic E-state index is 10.2. The predicted molar refractivity (Wildman–Crippen MR) is 67.8 cm³/mol. The maximum Gasteiger partial charge on any atom is 0.0986 e. The molecule has 3 nitrogen and oxygen atoms in total. The molecule has 0 saturated carbocycles. The number of hydrogen-bond donors (Lipinski definition) is 1. The molecule has 0 saturated heterocycles. The second-order valence-corrected chi connectivity index (χ2v) is 4.62. The first-order valence-corrected chi connectivity index (χ1v) is 5.81. The fourth-order valence-corrected chi connectivity index (χ4v) is 2.05. The van der Waals surface area contributed by atoms with Crippen LogP contribution in [0.4, 0.5) is 0 Å². The summed E-state index contributed by atoms with van der Waals surface area (Å²) in [6.07, 6.45) is 1.38. The Bertz CT molecular complexity index is 496. The Kier molecular flexibility index (Phi) is 3.29. The van der Waals surface area contributed by atoms with Gasteiger partial charge < -0.3 is 5.11 Å². The molecule has 1 heterocycles. The number of hydrogen-bond acceptors (Lipinski definition) is 2. The van der Waals surface area contributed by atoms with E-state index in [9.17, 15) is 5.11 Å². The molecule has 2 rings (SSSR count). The Balaban J connectivity index is 2.16. The molecule has 0 spiro atoms. The molecule has 0 amide bonds. The van der Waals surface area contributed by atoms with E-state index in [-0.39, 0.29) is 0 Å². The zero-order valence-electron chi connectivity index (χ0n) is 10.5. The molecule has 0 aliphatic heterocycles. The van der Waals surface area contributed by atoms with E-state index in [0.717, 1.165) is 11.3 Å². The molecular formula is C14H18N2O. The van der Waals surface area contributed by atoms with Crippen LogP contribution in [0.15, 0.2) is 30.5 Å². The van der Waals surface area contributed by atoms with Gasteiger partial charge in [-0.2, -0.15) is 5.10 Å². The molecule has 2 aromatic rings. The van der Waals surface area contributed by atoms with Gasteiger partial charge >= 0.3 is 0 Å². The van der Waals surface area contributed by atoms with E-state index < -0.39 is 6.10 Å². The third-order valence-corrected chi connectivity index (χ3v) is 2.76. The number of benzene rings is 1. The number of aliphatic hydroxyl groups is 1. The fourth-order valence-electron chi connectivity index (χ4n) is 2.05. The van der Waals surface area contributed by atoms with Gasteiger partial charge in [-0.05, 0) is 32.4 Å². The van der Waals surface area contributed by atoms with E-state index in [0.29, 0.717) is 6.54 Å². The minimum absolute atomic E-state index is 0.497. The van der Waals surface area contributed by atoms with Gasteiger partial charge in [-0.15, -0.1) is 0 Å². The number of aromatic nitrogens is 2. The number of aliphatic hydroxyl groups excluding tert-OH is 1. The lowest BCUT2D eigenvalue weighted by molar-refractivity contribution is 0.151. The predicted octanol–water partition coefficient (Wildman–Crippen LogP) is 2.54. The standard InChI is InChI=1S/C14H18N2O/c1-10-6-11(2)8-13(7-10)14(17)9-16-5-4-12(3)15-16/h4-8,14,17H,9H2,1-3H3. The summed E-state index contributed by atoms with van der Waals surface area (Å²) in [7, 11) is 0. The van der Waals surface area contributed by atoms with Crippen molar-refractivity contribution < 1.29 is 5.11 Å². The Hall–Kier alpha value is -1.61. The Morgan fingerprint density at radius 1 is 1.18 bits per heavy atom. The first-order chi connectivity index (χ1) is 8.04. The highest BCUT2D eigenvalue weighted by molar-refractivity contribution is 5.29. The molecule has 1 atom stereocenters. The molecule has 3 heteroatoms. The largest absolute Gasteiger partial charge is 0.386 e. The second-order valence-electron chi connectivity index (χ2n) is 4.62. The Morgan fingerprint density at radius 2 is 1.82 bits per heavy atom. The highest BCUT2D eigenvalue weighted by Gasteiger charge is 2.09. The van der Waals surface area contributed by atoms with Gasteiger partial charge in [0.1, 0.15) is 0 Å². The van der Waals surface area contributed by atoms with Crippen molar-refractivity contribution in [1.82, 2.24) is 9.78 Å². The molecule has 0 aliphatic rings. The van der Waals surface area contributed by atoms with Crippen molar-refractivity contribution in [3.63, 3.8) is 0 Å². The monoisotopic (exact) mass is 230 g/mol. The van der Waals surface area contributed by atoms with Crippen molar-refractivity contribution in [2.45, 2.75) is 33.4 Å². The van der Waals surface area contributed by atoms with Crippen LogP contribution in [0.5, 0.6) is 0 Å². The third kappa shape index (κ3) is 2.94. The van der Waals surface area contributed by atoms with Crippen LogP contribution < -0.4 is 0 Å². The van der Waals surface area contributed by atoms with E-state index in [1.54, 1.807) is 4.68 Å². The molecule has 0 aliphatic carbocycles. The van der Waals surface area contributed by atoms with Crippen molar-refractivity contribution in [3.05, 3.63) is 52.8 Å². The molecular weight excluding hydrogens is 212 g/mol. The summed E-state index contributed by atoms with van der Waals surface area (Å²) in [5, 5.41) is 14.4. The molecule has 0 fully saturated rings. The third-order valence-electron chi connectivity index (χ3n) is 2.76. The summed E-state index contributed by atoms with van der Waals surface area (Å²) in [6, 6.07) is 8.09.